The number of nitrogens with zero attached hydrogens (tertiary/aromatic N) is 1. The minimum Gasteiger partial charge on any atom is -0.352 e. The van der Waals surface area contributed by atoms with E-state index in [0.29, 0.717) is 6.42 Å². The number of carbonyl (C=O) groups is 1. The highest BCUT2D eigenvalue weighted by Gasteiger charge is 2.26. The van der Waals surface area contributed by atoms with Crippen molar-refractivity contribution >= 4 is 5.91 Å². The van der Waals surface area contributed by atoms with E-state index >= 15 is 0 Å². The van der Waals surface area contributed by atoms with Gasteiger partial charge in [0.15, 0.2) is 0 Å². The Morgan fingerprint density at radius 3 is 2.77 bits per heavy atom. The Hall–Kier alpha value is -1.04. The lowest BCUT2D eigenvalue weighted by atomic mass is 9.84. The average Bonchev–Trinajstić information content (AvgIpc) is 2.00. The van der Waals surface area contributed by atoms with E-state index in [-0.39, 0.29) is 17.9 Å². The Labute approximate surface area is 79.1 Å². The van der Waals surface area contributed by atoms with Gasteiger partial charge in [-0.15, -0.1) is 0 Å². The summed E-state index contributed by atoms with van der Waals surface area (Å²) in [5.41, 5.74) is 0. The molecule has 1 unspecified atom stereocenters. The summed E-state index contributed by atoms with van der Waals surface area (Å²) in [7, 11) is 0. The van der Waals surface area contributed by atoms with Crippen molar-refractivity contribution in [3.05, 3.63) is 0 Å². The van der Waals surface area contributed by atoms with Gasteiger partial charge in [0.05, 0.1) is 12.5 Å². The van der Waals surface area contributed by atoms with Crippen molar-refractivity contribution in [1.29, 1.82) is 5.26 Å². The van der Waals surface area contributed by atoms with Crippen LogP contribution in [0.4, 0.5) is 0 Å². The summed E-state index contributed by atoms with van der Waals surface area (Å²) in [6, 6.07) is 2.14. The second-order valence-corrected chi connectivity index (χ2v) is 3.60. The quantitative estimate of drug-likeness (QED) is 0.714. The summed E-state index contributed by atoms with van der Waals surface area (Å²) < 4.78 is 0. The van der Waals surface area contributed by atoms with Crippen LogP contribution in [0.25, 0.3) is 0 Å². The van der Waals surface area contributed by atoms with Gasteiger partial charge in [0, 0.05) is 12.0 Å². The van der Waals surface area contributed by atoms with E-state index in [1.807, 2.05) is 6.92 Å². The smallest absolute Gasteiger partial charge is 0.223 e. The molecule has 0 spiro atoms. The number of amides is 1. The van der Waals surface area contributed by atoms with Crippen molar-refractivity contribution < 1.29 is 4.79 Å². The molecule has 1 rings (SSSR count). The monoisotopic (exact) mass is 180 g/mol. The van der Waals surface area contributed by atoms with Crippen LogP contribution in [-0.4, -0.2) is 11.9 Å². The zero-order valence-corrected chi connectivity index (χ0v) is 8.05. The Bertz CT molecular complexity index is 215. The fourth-order valence-electron chi connectivity index (χ4n) is 1.40. The molecular formula is C10H16N2O. The molecule has 3 nitrogen and oxygen atoms in total. The molecule has 1 aliphatic carbocycles. The Balaban J connectivity index is 2.28. The van der Waals surface area contributed by atoms with E-state index in [1.165, 1.54) is 6.42 Å². The number of rotatable bonds is 4. The minimum absolute atomic E-state index is 0.0538. The topological polar surface area (TPSA) is 52.9 Å². The van der Waals surface area contributed by atoms with Crippen LogP contribution in [0.1, 0.15) is 39.0 Å². The van der Waals surface area contributed by atoms with E-state index in [9.17, 15) is 4.79 Å². The summed E-state index contributed by atoms with van der Waals surface area (Å²) in [4.78, 5) is 11.4. The number of carbonyl (C=O) groups excluding carboxylic acids is 1. The first-order valence-electron chi connectivity index (χ1n) is 4.95. The molecule has 0 bridgehead atoms. The SMILES string of the molecule is CCC(CC#N)NC(=O)C1CCC1. The van der Waals surface area contributed by atoms with Gasteiger partial charge in [0.1, 0.15) is 0 Å². The maximum Gasteiger partial charge on any atom is 0.223 e. The van der Waals surface area contributed by atoms with E-state index in [2.05, 4.69) is 11.4 Å². The Kier molecular flexibility index (Phi) is 3.75. The highest BCUT2D eigenvalue weighted by Crippen LogP contribution is 2.26. The van der Waals surface area contributed by atoms with Crippen LogP contribution in [0.15, 0.2) is 0 Å². The van der Waals surface area contributed by atoms with Gasteiger partial charge >= 0.3 is 0 Å². The first-order chi connectivity index (χ1) is 6.27. The number of hydrogen-bond donors (Lipinski definition) is 1. The number of hydrogen-bond acceptors (Lipinski definition) is 2. The largest absolute Gasteiger partial charge is 0.352 e. The Morgan fingerprint density at radius 2 is 2.38 bits per heavy atom. The van der Waals surface area contributed by atoms with Gasteiger partial charge in [-0.25, -0.2) is 0 Å². The summed E-state index contributed by atoms with van der Waals surface area (Å²) in [5.74, 6) is 0.376. The molecule has 13 heavy (non-hydrogen) atoms. The van der Waals surface area contributed by atoms with Gasteiger partial charge in [-0.3, -0.25) is 4.79 Å². The fraction of sp³-hybridized carbons (Fsp3) is 0.800. The van der Waals surface area contributed by atoms with Crippen molar-refractivity contribution in [2.24, 2.45) is 5.92 Å². The average molecular weight is 180 g/mol. The van der Waals surface area contributed by atoms with Crippen LogP contribution >= 0.6 is 0 Å². The van der Waals surface area contributed by atoms with Crippen LogP contribution in [0.2, 0.25) is 0 Å². The second-order valence-electron chi connectivity index (χ2n) is 3.60. The van der Waals surface area contributed by atoms with Crippen LogP contribution in [-0.2, 0) is 4.79 Å². The van der Waals surface area contributed by atoms with Crippen LogP contribution in [0, 0.1) is 17.2 Å². The molecule has 0 radical (unpaired) electrons. The molecule has 1 fully saturated rings. The number of nitriles is 1. The standard InChI is InChI=1S/C10H16N2O/c1-2-9(6-7-11)12-10(13)8-4-3-5-8/h8-9H,2-6H2,1H3,(H,12,13). The summed E-state index contributed by atoms with van der Waals surface area (Å²) in [5, 5.41) is 11.4. The highest BCUT2D eigenvalue weighted by molar-refractivity contribution is 5.79. The molecule has 0 aromatic heterocycles. The normalized spacial score (nSPS) is 18.5. The minimum atomic E-state index is 0.0538. The molecule has 0 aromatic carbocycles. The van der Waals surface area contributed by atoms with E-state index < -0.39 is 0 Å². The number of nitrogens with one attached hydrogen (secondary N) is 1. The zero-order chi connectivity index (χ0) is 9.68. The summed E-state index contributed by atoms with van der Waals surface area (Å²) >= 11 is 0. The zero-order valence-electron chi connectivity index (χ0n) is 8.05. The summed E-state index contributed by atoms with van der Waals surface area (Å²) in [6.45, 7) is 1.99. The highest BCUT2D eigenvalue weighted by atomic mass is 16.1. The fourth-order valence-corrected chi connectivity index (χ4v) is 1.40. The molecular weight excluding hydrogens is 164 g/mol. The van der Waals surface area contributed by atoms with E-state index in [0.717, 1.165) is 19.3 Å². The molecule has 1 saturated carbocycles. The van der Waals surface area contributed by atoms with Gasteiger partial charge in [-0.1, -0.05) is 13.3 Å². The van der Waals surface area contributed by atoms with Crippen LogP contribution < -0.4 is 5.32 Å². The van der Waals surface area contributed by atoms with E-state index in [4.69, 9.17) is 5.26 Å². The molecule has 72 valence electrons. The third-order valence-electron chi connectivity index (χ3n) is 2.65. The van der Waals surface area contributed by atoms with Gasteiger partial charge in [0.25, 0.3) is 0 Å². The third-order valence-corrected chi connectivity index (χ3v) is 2.65. The molecule has 0 aromatic rings. The Morgan fingerprint density at radius 1 is 1.69 bits per heavy atom. The van der Waals surface area contributed by atoms with Gasteiger partial charge < -0.3 is 5.32 Å². The molecule has 0 aliphatic heterocycles. The van der Waals surface area contributed by atoms with Crippen molar-refractivity contribution in [1.82, 2.24) is 5.32 Å². The van der Waals surface area contributed by atoms with Crippen molar-refractivity contribution in [3.63, 3.8) is 0 Å². The van der Waals surface area contributed by atoms with Crippen molar-refractivity contribution in [2.75, 3.05) is 0 Å². The van der Waals surface area contributed by atoms with Gasteiger partial charge in [0.2, 0.25) is 5.91 Å². The lowest BCUT2D eigenvalue weighted by Gasteiger charge is -2.26. The molecule has 1 atom stereocenters. The molecule has 1 amide bonds. The predicted molar refractivity (Wildman–Crippen MR) is 49.8 cm³/mol. The van der Waals surface area contributed by atoms with Crippen molar-refractivity contribution in [3.8, 4) is 6.07 Å². The first-order valence-corrected chi connectivity index (χ1v) is 4.95. The molecule has 0 heterocycles. The molecule has 1 N–H and O–H groups in total. The maximum absolute atomic E-state index is 11.4. The predicted octanol–water partition coefficient (Wildman–Crippen LogP) is 1.59. The first kappa shape index (κ1) is 10.0. The molecule has 3 heteroatoms. The van der Waals surface area contributed by atoms with Crippen molar-refractivity contribution in [2.45, 2.75) is 45.1 Å². The third kappa shape index (κ3) is 2.73. The second kappa shape index (κ2) is 4.86. The van der Waals surface area contributed by atoms with Gasteiger partial charge in [-0.2, -0.15) is 5.26 Å². The molecule has 0 saturated heterocycles. The lowest BCUT2D eigenvalue weighted by Crippen LogP contribution is -2.40. The van der Waals surface area contributed by atoms with Gasteiger partial charge in [-0.05, 0) is 19.3 Å². The summed E-state index contributed by atoms with van der Waals surface area (Å²) in [6.07, 6.45) is 4.48. The maximum atomic E-state index is 11.4. The molecule has 1 aliphatic rings. The lowest BCUT2D eigenvalue weighted by molar-refractivity contribution is -0.128. The van der Waals surface area contributed by atoms with Crippen LogP contribution in [0.3, 0.4) is 0 Å². The van der Waals surface area contributed by atoms with Crippen LogP contribution in [0.5, 0.6) is 0 Å². The van der Waals surface area contributed by atoms with E-state index in [1.54, 1.807) is 0 Å².